The van der Waals surface area contributed by atoms with Crippen LogP contribution in [0, 0.1) is 0 Å². The van der Waals surface area contributed by atoms with Gasteiger partial charge in [-0.05, 0) is 0 Å². The Balaban J connectivity index is 1.93. The van der Waals surface area contributed by atoms with Gasteiger partial charge < -0.3 is 20.2 Å². The van der Waals surface area contributed by atoms with Gasteiger partial charge in [0, 0.05) is 26.3 Å². The molecule has 8 nitrogen and oxygen atoms in total. The van der Waals surface area contributed by atoms with Crippen LogP contribution < -0.4 is 11.1 Å². The van der Waals surface area contributed by atoms with Crippen LogP contribution in [0.25, 0.3) is 0 Å². The van der Waals surface area contributed by atoms with E-state index in [1.807, 2.05) is 7.05 Å². The number of carbonyl (C=O) groups excluding carboxylic acids is 1. The number of imidazole rings is 1. The van der Waals surface area contributed by atoms with Crippen molar-refractivity contribution in [1.29, 1.82) is 0 Å². The standard InChI is InChI=1S/C10H15N7O/c1-16-7-14-15-9(16)4-12-10(18)8-5-17(3-2-11)6-13-8/h5-7H,2-4,11H2,1H3,(H,12,18). The quantitative estimate of drug-likeness (QED) is 0.700. The summed E-state index contributed by atoms with van der Waals surface area (Å²) < 4.78 is 3.52. The summed E-state index contributed by atoms with van der Waals surface area (Å²) in [6.45, 7) is 1.47. The van der Waals surface area contributed by atoms with Gasteiger partial charge in [-0.25, -0.2) is 4.98 Å². The highest BCUT2D eigenvalue weighted by molar-refractivity contribution is 5.91. The fraction of sp³-hybridized carbons (Fsp3) is 0.400. The van der Waals surface area contributed by atoms with Gasteiger partial charge in [-0.1, -0.05) is 0 Å². The second-order valence-electron chi connectivity index (χ2n) is 3.83. The predicted octanol–water partition coefficient (Wildman–Crippen LogP) is -1.10. The van der Waals surface area contributed by atoms with Crippen molar-refractivity contribution >= 4 is 5.91 Å². The van der Waals surface area contributed by atoms with E-state index in [2.05, 4.69) is 20.5 Å². The van der Waals surface area contributed by atoms with Gasteiger partial charge >= 0.3 is 0 Å². The minimum atomic E-state index is -0.242. The van der Waals surface area contributed by atoms with E-state index in [-0.39, 0.29) is 5.91 Å². The molecule has 0 saturated heterocycles. The molecule has 0 aliphatic rings. The van der Waals surface area contributed by atoms with E-state index in [1.54, 1.807) is 28.0 Å². The third-order valence-electron chi connectivity index (χ3n) is 2.47. The molecule has 0 aliphatic heterocycles. The molecule has 3 N–H and O–H groups in total. The molecule has 18 heavy (non-hydrogen) atoms. The van der Waals surface area contributed by atoms with Gasteiger partial charge in [0.2, 0.25) is 0 Å². The van der Waals surface area contributed by atoms with Crippen molar-refractivity contribution in [2.75, 3.05) is 6.54 Å². The lowest BCUT2D eigenvalue weighted by atomic mass is 10.4. The molecule has 0 spiro atoms. The van der Waals surface area contributed by atoms with Crippen LogP contribution >= 0.6 is 0 Å². The lowest BCUT2D eigenvalue weighted by molar-refractivity contribution is 0.0945. The number of hydrogen-bond acceptors (Lipinski definition) is 5. The first-order valence-electron chi connectivity index (χ1n) is 5.53. The Labute approximate surface area is 104 Å². The summed E-state index contributed by atoms with van der Waals surface area (Å²) in [4.78, 5) is 15.8. The lowest BCUT2D eigenvalue weighted by Crippen LogP contribution is -2.24. The number of aromatic nitrogens is 5. The molecule has 96 valence electrons. The van der Waals surface area contributed by atoms with Crippen LogP contribution in [0.4, 0.5) is 0 Å². The first-order valence-corrected chi connectivity index (χ1v) is 5.53. The van der Waals surface area contributed by atoms with E-state index in [0.717, 1.165) is 0 Å². The maximum absolute atomic E-state index is 11.8. The molecular weight excluding hydrogens is 234 g/mol. The minimum absolute atomic E-state index is 0.242. The highest BCUT2D eigenvalue weighted by Gasteiger charge is 2.10. The third-order valence-corrected chi connectivity index (χ3v) is 2.47. The number of nitrogens with zero attached hydrogens (tertiary/aromatic N) is 5. The summed E-state index contributed by atoms with van der Waals surface area (Å²) in [5, 5.41) is 10.3. The average Bonchev–Trinajstić information content (AvgIpc) is 2.96. The van der Waals surface area contributed by atoms with Crippen LogP contribution in [0.1, 0.15) is 16.3 Å². The van der Waals surface area contributed by atoms with Gasteiger partial charge in [0.15, 0.2) is 5.82 Å². The van der Waals surface area contributed by atoms with E-state index in [9.17, 15) is 4.79 Å². The molecule has 0 bridgehead atoms. The van der Waals surface area contributed by atoms with Gasteiger partial charge in [-0.2, -0.15) is 0 Å². The van der Waals surface area contributed by atoms with Crippen LogP contribution in [-0.4, -0.2) is 36.8 Å². The lowest BCUT2D eigenvalue weighted by Gasteiger charge is -2.02. The molecule has 1 amide bonds. The predicted molar refractivity (Wildman–Crippen MR) is 63.5 cm³/mol. The summed E-state index contributed by atoms with van der Waals surface area (Å²) in [5.41, 5.74) is 5.78. The molecule has 0 unspecified atom stereocenters. The Morgan fingerprint density at radius 2 is 2.33 bits per heavy atom. The highest BCUT2D eigenvalue weighted by Crippen LogP contribution is 1.97. The molecule has 2 aromatic heterocycles. The summed E-state index contributed by atoms with van der Waals surface area (Å²) in [6, 6.07) is 0. The van der Waals surface area contributed by atoms with Crippen molar-refractivity contribution in [1.82, 2.24) is 29.6 Å². The molecule has 2 rings (SSSR count). The molecule has 0 aromatic carbocycles. The zero-order valence-corrected chi connectivity index (χ0v) is 10.1. The average molecular weight is 249 g/mol. The Hall–Kier alpha value is -2.22. The topological polar surface area (TPSA) is 104 Å². The van der Waals surface area contributed by atoms with Gasteiger partial charge in [-0.3, -0.25) is 4.79 Å². The summed E-state index contributed by atoms with van der Waals surface area (Å²) in [6.07, 6.45) is 4.83. The third kappa shape index (κ3) is 2.72. The van der Waals surface area contributed by atoms with Crippen LogP contribution in [0.15, 0.2) is 18.9 Å². The van der Waals surface area contributed by atoms with E-state index in [4.69, 9.17) is 5.73 Å². The second-order valence-corrected chi connectivity index (χ2v) is 3.83. The van der Waals surface area contributed by atoms with Crippen LogP contribution in [0.5, 0.6) is 0 Å². The van der Waals surface area contributed by atoms with Crippen molar-refractivity contribution in [2.24, 2.45) is 12.8 Å². The zero-order chi connectivity index (χ0) is 13.0. The molecule has 0 radical (unpaired) electrons. The van der Waals surface area contributed by atoms with E-state index < -0.39 is 0 Å². The first kappa shape index (κ1) is 12.2. The summed E-state index contributed by atoms with van der Waals surface area (Å²) >= 11 is 0. The van der Waals surface area contributed by atoms with Gasteiger partial charge in [0.1, 0.15) is 12.0 Å². The van der Waals surface area contributed by atoms with E-state index in [1.165, 1.54) is 0 Å². The molecule has 0 atom stereocenters. The van der Waals surface area contributed by atoms with E-state index in [0.29, 0.717) is 31.2 Å². The smallest absolute Gasteiger partial charge is 0.271 e. The summed E-state index contributed by atoms with van der Waals surface area (Å²) in [7, 11) is 1.82. The Kier molecular flexibility index (Phi) is 3.68. The molecule has 8 heteroatoms. The molecule has 0 saturated carbocycles. The molecule has 0 fully saturated rings. The van der Waals surface area contributed by atoms with Gasteiger partial charge in [0.05, 0.1) is 12.9 Å². The van der Waals surface area contributed by atoms with E-state index >= 15 is 0 Å². The first-order chi connectivity index (χ1) is 8.70. The maximum atomic E-state index is 11.8. The Bertz CT molecular complexity index is 530. The largest absolute Gasteiger partial charge is 0.343 e. The normalized spacial score (nSPS) is 10.6. The molecular formula is C10H15N7O. The highest BCUT2D eigenvalue weighted by atomic mass is 16.1. The number of hydrogen-bond donors (Lipinski definition) is 2. The fourth-order valence-electron chi connectivity index (χ4n) is 1.47. The number of rotatable bonds is 5. The molecule has 2 heterocycles. The number of carbonyl (C=O) groups is 1. The number of nitrogens with two attached hydrogens (primary N) is 1. The molecule has 0 aliphatic carbocycles. The SMILES string of the molecule is Cn1cnnc1CNC(=O)c1cn(CCN)cn1. The zero-order valence-electron chi connectivity index (χ0n) is 10.1. The number of aryl methyl sites for hydroxylation is 1. The monoisotopic (exact) mass is 249 g/mol. The number of amides is 1. The molecule has 2 aromatic rings. The van der Waals surface area contributed by atoms with Crippen LogP contribution in [0.2, 0.25) is 0 Å². The van der Waals surface area contributed by atoms with Gasteiger partial charge in [0.25, 0.3) is 5.91 Å². The number of nitrogens with one attached hydrogen (secondary N) is 1. The minimum Gasteiger partial charge on any atom is -0.343 e. The summed E-state index contributed by atoms with van der Waals surface area (Å²) in [5.74, 6) is 0.443. The maximum Gasteiger partial charge on any atom is 0.271 e. The van der Waals surface area contributed by atoms with Crippen LogP contribution in [-0.2, 0) is 20.1 Å². The van der Waals surface area contributed by atoms with Crippen molar-refractivity contribution in [2.45, 2.75) is 13.1 Å². The second kappa shape index (κ2) is 5.41. The fourth-order valence-corrected chi connectivity index (χ4v) is 1.47. The van der Waals surface area contributed by atoms with Crippen molar-refractivity contribution in [3.63, 3.8) is 0 Å². The van der Waals surface area contributed by atoms with Crippen molar-refractivity contribution in [3.05, 3.63) is 30.4 Å². The van der Waals surface area contributed by atoms with Crippen molar-refractivity contribution < 1.29 is 4.79 Å². The Morgan fingerprint density at radius 3 is 3.00 bits per heavy atom. The van der Waals surface area contributed by atoms with Crippen LogP contribution in [0.3, 0.4) is 0 Å². The van der Waals surface area contributed by atoms with Crippen molar-refractivity contribution in [3.8, 4) is 0 Å². The Morgan fingerprint density at radius 1 is 1.50 bits per heavy atom. The van der Waals surface area contributed by atoms with Gasteiger partial charge in [-0.15, -0.1) is 10.2 Å².